The molecule has 1 N–H and O–H groups in total. The molecule has 88 valence electrons. The number of aromatic nitrogens is 2. The van der Waals surface area contributed by atoms with Gasteiger partial charge < -0.3 is 9.47 Å². The van der Waals surface area contributed by atoms with E-state index in [0.717, 1.165) is 5.56 Å². The molecule has 0 saturated carbocycles. The molecular formula is C12H12N2O3. The molecule has 1 aromatic heterocycles. The van der Waals surface area contributed by atoms with E-state index in [1.165, 1.54) is 14.2 Å². The number of H-pyrrole nitrogens is 1. The molecule has 0 bridgehead atoms. The minimum Gasteiger partial charge on any atom is -0.482 e. The number of methoxy groups -OCH3 is 2. The van der Waals surface area contributed by atoms with Gasteiger partial charge in [-0.25, -0.2) is 4.79 Å². The van der Waals surface area contributed by atoms with Gasteiger partial charge >= 0.3 is 5.69 Å². The Morgan fingerprint density at radius 1 is 1.12 bits per heavy atom. The topological polar surface area (TPSA) is 64.2 Å². The quantitative estimate of drug-likeness (QED) is 0.870. The Balaban J connectivity index is 2.71. The molecule has 17 heavy (non-hydrogen) atoms. The van der Waals surface area contributed by atoms with Crippen molar-refractivity contribution >= 4 is 0 Å². The first-order valence-corrected chi connectivity index (χ1v) is 5.04. The molecule has 0 amide bonds. The molecule has 0 saturated heterocycles. The highest BCUT2D eigenvalue weighted by molar-refractivity contribution is 5.73. The van der Waals surface area contributed by atoms with Crippen molar-refractivity contribution in [1.29, 1.82) is 0 Å². The molecular weight excluding hydrogens is 220 g/mol. The van der Waals surface area contributed by atoms with Gasteiger partial charge in [0.25, 0.3) is 0 Å². The van der Waals surface area contributed by atoms with Crippen molar-refractivity contribution in [3.8, 4) is 22.9 Å². The normalized spacial score (nSPS) is 10.0. The molecule has 0 aliphatic carbocycles. The molecule has 0 fully saturated rings. The Morgan fingerprint density at radius 3 is 2.41 bits per heavy atom. The van der Waals surface area contributed by atoms with Crippen molar-refractivity contribution < 1.29 is 9.47 Å². The van der Waals surface area contributed by atoms with Crippen LogP contribution in [0.5, 0.6) is 11.8 Å². The van der Waals surface area contributed by atoms with Crippen LogP contribution >= 0.6 is 0 Å². The summed E-state index contributed by atoms with van der Waals surface area (Å²) < 4.78 is 10.3. The molecule has 0 unspecified atom stereocenters. The van der Waals surface area contributed by atoms with Crippen LogP contribution in [-0.2, 0) is 0 Å². The van der Waals surface area contributed by atoms with E-state index >= 15 is 0 Å². The fourth-order valence-electron chi connectivity index (χ4n) is 1.59. The lowest BCUT2D eigenvalue weighted by atomic mass is 10.1. The summed E-state index contributed by atoms with van der Waals surface area (Å²) in [6.45, 7) is 0. The third-order valence-corrected chi connectivity index (χ3v) is 2.32. The van der Waals surface area contributed by atoms with Gasteiger partial charge in [-0.3, -0.25) is 4.98 Å². The van der Waals surface area contributed by atoms with Crippen LogP contribution in [0.3, 0.4) is 0 Å². The Bertz CT molecular complexity index is 535. The molecule has 2 aromatic rings. The molecule has 1 aromatic carbocycles. The Labute approximate surface area is 98.0 Å². The lowest BCUT2D eigenvalue weighted by Crippen LogP contribution is -2.13. The van der Waals surface area contributed by atoms with E-state index in [0.29, 0.717) is 11.4 Å². The van der Waals surface area contributed by atoms with Crippen LogP contribution in [0.15, 0.2) is 35.1 Å². The summed E-state index contributed by atoms with van der Waals surface area (Å²) >= 11 is 0. The van der Waals surface area contributed by atoms with Crippen LogP contribution in [0.4, 0.5) is 0 Å². The van der Waals surface area contributed by atoms with Gasteiger partial charge in [0.15, 0.2) is 0 Å². The summed E-state index contributed by atoms with van der Waals surface area (Å²) in [5.41, 5.74) is 0.999. The van der Waals surface area contributed by atoms with E-state index < -0.39 is 5.69 Å². The zero-order chi connectivity index (χ0) is 12.3. The van der Waals surface area contributed by atoms with Crippen molar-refractivity contribution in [2.24, 2.45) is 0 Å². The van der Waals surface area contributed by atoms with Gasteiger partial charge in [-0.05, 0) is 5.56 Å². The van der Waals surface area contributed by atoms with E-state index in [9.17, 15) is 4.79 Å². The SMILES string of the molecule is COc1nc(=O)[nH]c(OC)c1-c1ccccc1. The monoisotopic (exact) mass is 232 g/mol. The number of nitrogens with zero attached hydrogens (tertiary/aromatic N) is 1. The van der Waals surface area contributed by atoms with Crippen molar-refractivity contribution in [2.75, 3.05) is 14.2 Å². The van der Waals surface area contributed by atoms with E-state index in [1.54, 1.807) is 0 Å². The van der Waals surface area contributed by atoms with Gasteiger partial charge in [-0.2, -0.15) is 4.98 Å². The Morgan fingerprint density at radius 2 is 1.82 bits per heavy atom. The Hall–Kier alpha value is -2.30. The van der Waals surface area contributed by atoms with E-state index in [-0.39, 0.29) is 5.88 Å². The fourth-order valence-corrected chi connectivity index (χ4v) is 1.59. The van der Waals surface area contributed by atoms with Crippen molar-refractivity contribution in [2.45, 2.75) is 0 Å². The second-order valence-corrected chi connectivity index (χ2v) is 3.33. The third kappa shape index (κ3) is 2.13. The first-order valence-electron chi connectivity index (χ1n) is 5.04. The highest BCUT2D eigenvalue weighted by Gasteiger charge is 2.15. The number of aromatic amines is 1. The van der Waals surface area contributed by atoms with Gasteiger partial charge in [0.05, 0.1) is 14.2 Å². The van der Waals surface area contributed by atoms with Crippen molar-refractivity contribution in [3.63, 3.8) is 0 Å². The molecule has 0 spiro atoms. The van der Waals surface area contributed by atoms with E-state index in [1.807, 2.05) is 30.3 Å². The molecule has 0 radical (unpaired) electrons. The maximum absolute atomic E-state index is 11.3. The lowest BCUT2D eigenvalue weighted by Gasteiger charge is -2.10. The second-order valence-electron chi connectivity index (χ2n) is 3.33. The smallest absolute Gasteiger partial charge is 0.351 e. The second kappa shape index (κ2) is 4.69. The van der Waals surface area contributed by atoms with Crippen molar-refractivity contribution in [3.05, 3.63) is 40.8 Å². The molecule has 5 nitrogen and oxygen atoms in total. The Kier molecular flexibility index (Phi) is 3.09. The molecule has 0 aliphatic heterocycles. The average molecular weight is 232 g/mol. The fraction of sp³-hybridized carbons (Fsp3) is 0.167. The van der Waals surface area contributed by atoms with Crippen LogP contribution in [0.2, 0.25) is 0 Å². The van der Waals surface area contributed by atoms with Crippen LogP contribution < -0.4 is 15.2 Å². The molecule has 5 heteroatoms. The third-order valence-electron chi connectivity index (χ3n) is 2.32. The maximum Gasteiger partial charge on any atom is 0.351 e. The van der Waals surface area contributed by atoms with Gasteiger partial charge in [0.1, 0.15) is 5.56 Å². The predicted octanol–water partition coefficient (Wildman–Crippen LogP) is 1.45. The van der Waals surface area contributed by atoms with Gasteiger partial charge in [0.2, 0.25) is 11.8 Å². The summed E-state index contributed by atoms with van der Waals surface area (Å²) in [6, 6.07) is 9.46. The molecule has 0 atom stereocenters. The van der Waals surface area contributed by atoms with Gasteiger partial charge in [0, 0.05) is 0 Å². The number of ether oxygens (including phenoxy) is 2. The van der Waals surface area contributed by atoms with Crippen LogP contribution in [0, 0.1) is 0 Å². The standard InChI is InChI=1S/C12H12N2O3/c1-16-10-9(8-6-4-3-5-7-8)11(17-2)14-12(15)13-10/h3-7H,1-2H3,(H,13,14,15). The van der Waals surface area contributed by atoms with Gasteiger partial charge in [-0.15, -0.1) is 0 Å². The zero-order valence-corrected chi connectivity index (χ0v) is 9.56. The van der Waals surface area contributed by atoms with Crippen LogP contribution in [0.25, 0.3) is 11.1 Å². The number of rotatable bonds is 3. The first-order chi connectivity index (χ1) is 8.26. The predicted molar refractivity (Wildman–Crippen MR) is 63.4 cm³/mol. The van der Waals surface area contributed by atoms with E-state index in [4.69, 9.17) is 9.47 Å². The van der Waals surface area contributed by atoms with Gasteiger partial charge in [-0.1, -0.05) is 30.3 Å². The first kappa shape index (κ1) is 11.2. The van der Waals surface area contributed by atoms with E-state index in [2.05, 4.69) is 9.97 Å². The average Bonchev–Trinajstić information content (AvgIpc) is 2.38. The number of hydrogen-bond donors (Lipinski definition) is 1. The highest BCUT2D eigenvalue weighted by atomic mass is 16.5. The minimum atomic E-state index is -0.501. The maximum atomic E-state index is 11.3. The molecule has 0 aliphatic rings. The summed E-state index contributed by atoms with van der Waals surface area (Å²) in [5.74, 6) is 0.588. The molecule has 2 rings (SSSR count). The summed E-state index contributed by atoms with van der Waals surface area (Å²) in [7, 11) is 2.95. The largest absolute Gasteiger partial charge is 0.482 e. The number of nitrogens with one attached hydrogen (secondary N) is 1. The summed E-state index contributed by atoms with van der Waals surface area (Å²) in [6.07, 6.45) is 0. The van der Waals surface area contributed by atoms with Crippen molar-refractivity contribution in [1.82, 2.24) is 9.97 Å². The highest BCUT2D eigenvalue weighted by Crippen LogP contribution is 2.33. The molecule has 1 heterocycles. The zero-order valence-electron chi connectivity index (χ0n) is 9.56. The lowest BCUT2D eigenvalue weighted by molar-refractivity contribution is 0.372. The van der Waals surface area contributed by atoms with Crippen LogP contribution in [0.1, 0.15) is 0 Å². The summed E-state index contributed by atoms with van der Waals surface area (Å²) in [4.78, 5) is 17.6. The summed E-state index contributed by atoms with van der Waals surface area (Å²) in [5, 5.41) is 0. The van der Waals surface area contributed by atoms with Crippen LogP contribution in [-0.4, -0.2) is 24.2 Å². The number of benzene rings is 1. The minimum absolute atomic E-state index is 0.247. The number of hydrogen-bond acceptors (Lipinski definition) is 4.